The molecule has 1 unspecified atom stereocenters. The summed E-state index contributed by atoms with van der Waals surface area (Å²) >= 11 is 1.03. The summed E-state index contributed by atoms with van der Waals surface area (Å²) in [5.41, 5.74) is 7.37. The number of hydrogen-bond donors (Lipinski definition) is 3. The van der Waals surface area contributed by atoms with E-state index in [1.54, 1.807) is 11.7 Å². The van der Waals surface area contributed by atoms with Crippen LogP contribution in [-0.4, -0.2) is 45.3 Å². The molecule has 36 heavy (non-hydrogen) atoms. The largest absolute Gasteiger partial charge is 0.374 e. The van der Waals surface area contributed by atoms with E-state index in [1.807, 2.05) is 0 Å². The molecule has 0 bridgehead atoms. The number of anilines is 1. The number of aliphatic hydroxyl groups is 1. The summed E-state index contributed by atoms with van der Waals surface area (Å²) < 4.78 is 56.6. The van der Waals surface area contributed by atoms with Crippen molar-refractivity contribution >= 4 is 17.0 Å². The van der Waals surface area contributed by atoms with E-state index in [4.69, 9.17) is 15.2 Å². The van der Waals surface area contributed by atoms with Gasteiger partial charge in [-0.15, -0.1) is 11.3 Å². The molecule has 2 saturated heterocycles. The molecule has 2 aliphatic heterocycles. The molecule has 0 saturated carbocycles. The number of ether oxygens (including phenoxy) is 2. The van der Waals surface area contributed by atoms with Crippen molar-refractivity contribution in [2.75, 3.05) is 18.5 Å². The van der Waals surface area contributed by atoms with Gasteiger partial charge in [0.25, 0.3) is 0 Å². The lowest BCUT2D eigenvalue weighted by molar-refractivity contribution is 0.0246. The van der Waals surface area contributed by atoms with Gasteiger partial charge < -0.3 is 25.6 Å². The van der Waals surface area contributed by atoms with Crippen LogP contribution in [0.15, 0.2) is 23.7 Å². The molecule has 3 aromatic rings. The number of rotatable bonds is 6. The molecule has 1 aromatic carbocycles. The van der Waals surface area contributed by atoms with Gasteiger partial charge in [0.2, 0.25) is 0 Å². The number of nitrogens with two attached hydrogens (primary N) is 1. The summed E-state index contributed by atoms with van der Waals surface area (Å²) in [5, 5.41) is 19.6. The third-order valence-electron chi connectivity index (χ3n) is 6.65. The van der Waals surface area contributed by atoms with Crippen molar-refractivity contribution in [3.63, 3.8) is 0 Å². The fraction of sp³-hybridized carbons (Fsp3) is 0.500. The Hall–Kier alpha value is -2.51. The highest BCUT2D eigenvalue weighted by molar-refractivity contribution is 7.13. The standard InChI is InChI=1S/C24H28F3N5O3S/c1-32-22(20-5-4-16(28)15(27)10-35-20)17(9-29-32)30-23(33)18-11-36-24(31-18)21-13(25)7-12(8-14(21)26)19-3-2-6-34-19/h7-9,11,15-16,19-20,23,30,33H,2-6,10,28H2,1H3/t15-,16-,19-,20+,23?/m1/s1. The van der Waals surface area contributed by atoms with Crippen LogP contribution in [-0.2, 0) is 16.5 Å². The van der Waals surface area contributed by atoms with E-state index in [0.717, 1.165) is 24.2 Å². The maximum absolute atomic E-state index is 14.9. The van der Waals surface area contributed by atoms with E-state index in [2.05, 4.69) is 15.4 Å². The van der Waals surface area contributed by atoms with Gasteiger partial charge in [0.1, 0.15) is 34.6 Å². The summed E-state index contributed by atoms with van der Waals surface area (Å²) in [7, 11) is 1.72. The van der Waals surface area contributed by atoms with Gasteiger partial charge in [-0.1, -0.05) is 0 Å². The third-order valence-corrected chi connectivity index (χ3v) is 7.53. The number of hydrogen-bond acceptors (Lipinski definition) is 8. The van der Waals surface area contributed by atoms with E-state index in [0.29, 0.717) is 36.4 Å². The summed E-state index contributed by atoms with van der Waals surface area (Å²) in [4.78, 5) is 4.28. The van der Waals surface area contributed by atoms with Crippen LogP contribution < -0.4 is 11.1 Å². The molecular weight excluding hydrogens is 495 g/mol. The molecule has 8 nitrogen and oxygen atoms in total. The van der Waals surface area contributed by atoms with E-state index < -0.39 is 36.2 Å². The Kier molecular flexibility index (Phi) is 7.31. The highest BCUT2D eigenvalue weighted by Gasteiger charge is 2.30. The van der Waals surface area contributed by atoms with Crippen molar-refractivity contribution in [2.45, 2.75) is 56.3 Å². The lowest BCUT2D eigenvalue weighted by Gasteiger charge is -2.19. The number of aromatic nitrogens is 3. The maximum atomic E-state index is 14.9. The lowest BCUT2D eigenvalue weighted by atomic mass is 10.0. The van der Waals surface area contributed by atoms with Gasteiger partial charge in [-0.3, -0.25) is 4.68 Å². The third kappa shape index (κ3) is 5.00. The second-order valence-corrected chi connectivity index (χ2v) is 9.99. The number of nitrogens with zero attached hydrogens (tertiary/aromatic N) is 3. The minimum Gasteiger partial charge on any atom is -0.374 e. The van der Waals surface area contributed by atoms with Crippen LogP contribution in [0.3, 0.4) is 0 Å². The lowest BCUT2D eigenvalue weighted by Crippen LogP contribution is -2.32. The van der Waals surface area contributed by atoms with Crippen molar-refractivity contribution in [3.8, 4) is 10.6 Å². The molecule has 5 atom stereocenters. The molecule has 0 amide bonds. The first-order valence-electron chi connectivity index (χ1n) is 11.9. The van der Waals surface area contributed by atoms with Gasteiger partial charge in [0, 0.05) is 25.1 Å². The molecule has 2 aromatic heterocycles. The van der Waals surface area contributed by atoms with Crippen LogP contribution in [0.25, 0.3) is 10.6 Å². The van der Waals surface area contributed by atoms with Gasteiger partial charge in [-0.2, -0.15) is 5.10 Å². The molecule has 2 aliphatic rings. The summed E-state index contributed by atoms with van der Waals surface area (Å²) in [6.45, 7) is 0.447. The minimum atomic E-state index is -1.28. The van der Waals surface area contributed by atoms with Crippen molar-refractivity contribution in [3.05, 3.63) is 52.3 Å². The number of thiazole rings is 1. The van der Waals surface area contributed by atoms with Crippen molar-refractivity contribution < 1.29 is 27.8 Å². The SMILES string of the molecule is Cn1ncc(NC(O)c2csc(-c3c(F)cc([C@H]4CCCO4)cc3F)n2)c1[C@@H]1CC[C@@H](N)[C@H](F)CO1. The summed E-state index contributed by atoms with van der Waals surface area (Å²) in [6, 6.07) is 1.97. The first-order valence-corrected chi connectivity index (χ1v) is 12.7. The highest BCUT2D eigenvalue weighted by atomic mass is 32.1. The predicted octanol–water partition coefficient (Wildman–Crippen LogP) is 4.29. The molecule has 4 N–H and O–H groups in total. The topological polar surface area (TPSA) is 107 Å². The Morgan fingerprint density at radius 1 is 1.19 bits per heavy atom. The molecular formula is C24H28F3N5O3S. The van der Waals surface area contributed by atoms with E-state index >= 15 is 0 Å². The van der Waals surface area contributed by atoms with E-state index in [1.165, 1.54) is 23.7 Å². The van der Waals surface area contributed by atoms with Crippen molar-refractivity contribution in [2.24, 2.45) is 12.8 Å². The predicted molar refractivity (Wildman–Crippen MR) is 128 cm³/mol. The maximum Gasteiger partial charge on any atom is 0.169 e. The Bertz CT molecular complexity index is 1180. The summed E-state index contributed by atoms with van der Waals surface area (Å²) in [6.07, 6.45) is 0.734. The number of halogens is 3. The first kappa shape index (κ1) is 25.2. The average molecular weight is 524 g/mol. The Morgan fingerprint density at radius 2 is 1.97 bits per heavy atom. The Morgan fingerprint density at radius 3 is 2.69 bits per heavy atom. The Balaban J connectivity index is 1.34. The summed E-state index contributed by atoms with van der Waals surface area (Å²) in [5.74, 6) is -1.46. The molecule has 194 valence electrons. The zero-order chi connectivity index (χ0) is 25.4. The number of aryl methyl sites for hydroxylation is 1. The second-order valence-electron chi connectivity index (χ2n) is 9.13. The van der Waals surface area contributed by atoms with Gasteiger partial charge in [0.05, 0.1) is 35.9 Å². The molecule has 0 aliphatic carbocycles. The quantitative estimate of drug-likeness (QED) is 0.414. The van der Waals surface area contributed by atoms with Crippen LogP contribution in [0.2, 0.25) is 0 Å². The average Bonchev–Trinajstić information content (AvgIpc) is 3.59. The molecule has 0 spiro atoms. The Labute approximate surface area is 210 Å². The molecule has 0 radical (unpaired) electrons. The van der Waals surface area contributed by atoms with Gasteiger partial charge in [-0.05, 0) is 43.4 Å². The number of nitrogens with one attached hydrogen (secondary N) is 1. The molecule has 12 heteroatoms. The fourth-order valence-corrected chi connectivity index (χ4v) is 5.55. The van der Waals surface area contributed by atoms with E-state index in [9.17, 15) is 18.3 Å². The fourth-order valence-electron chi connectivity index (χ4n) is 4.67. The molecule has 2 fully saturated rings. The van der Waals surface area contributed by atoms with Crippen LogP contribution in [0.1, 0.15) is 61.1 Å². The second kappa shape index (κ2) is 10.5. The number of benzene rings is 1. The normalized spacial score (nSPS) is 25.6. The van der Waals surface area contributed by atoms with Crippen molar-refractivity contribution in [1.82, 2.24) is 14.8 Å². The monoisotopic (exact) mass is 523 g/mol. The van der Waals surface area contributed by atoms with E-state index in [-0.39, 0.29) is 29.0 Å². The highest BCUT2D eigenvalue weighted by Crippen LogP contribution is 2.37. The number of alkyl halides is 1. The van der Waals surface area contributed by atoms with Crippen LogP contribution in [0, 0.1) is 11.6 Å². The molecule has 4 heterocycles. The smallest absolute Gasteiger partial charge is 0.169 e. The number of aliphatic hydroxyl groups excluding tert-OH is 1. The van der Waals surface area contributed by atoms with Gasteiger partial charge in [-0.25, -0.2) is 18.2 Å². The first-order chi connectivity index (χ1) is 17.3. The van der Waals surface area contributed by atoms with Gasteiger partial charge >= 0.3 is 0 Å². The zero-order valence-electron chi connectivity index (χ0n) is 19.7. The van der Waals surface area contributed by atoms with Crippen LogP contribution in [0.5, 0.6) is 0 Å². The van der Waals surface area contributed by atoms with Crippen LogP contribution >= 0.6 is 11.3 Å². The van der Waals surface area contributed by atoms with Crippen molar-refractivity contribution in [1.29, 1.82) is 0 Å². The van der Waals surface area contributed by atoms with Crippen LogP contribution in [0.4, 0.5) is 18.9 Å². The zero-order valence-corrected chi connectivity index (χ0v) is 20.5. The minimum absolute atomic E-state index is 0.112. The van der Waals surface area contributed by atoms with Gasteiger partial charge in [0.15, 0.2) is 6.23 Å². The molecule has 5 rings (SSSR count).